The van der Waals surface area contributed by atoms with Crippen LogP contribution in [0.2, 0.25) is 0 Å². The molecule has 1 aliphatic rings. The molecule has 0 aromatic heterocycles. The molecule has 1 aliphatic heterocycles. The van der Waals surface area contributed by atoms with Crippen LogP contribution in [0.3, 0.4) is 0 Å². The third-order valence-electron chi connectivity index (χ3n) is 2.41. The minimum Gasteiger partial charge on any atom is -0.524 e. The first-order valence-corrected chi connectivity index (χ1v) is 3.96. The molecule has 0 aliphatic carbocycles. The van der Waals surface area contributed by atoms with Gasteiger partial charge in [-0.2, -0.15) is 0 Å². The summed E-state index contributed by atoms with van der Waals surface area (Å²) in [6, 6.07) is 2.00. The summed E-state index contributed by atoms with van der Waals surface area (Å²) in [4.78, 5) is 0. The van der Waals surface area contributed by atoms with Crippen molar-refractivity contribution in [2.75, 3.05) is 0 Å². The van der Waals surface area contributed by atoms with Crippen LogP contribution in [0.5, 0.6) is 11.5 Å². The molecule has 2 nitrogen and oxygen atoms in total. The van der Waals surface area contributed by atoms with Crippen molar-refractivity contribution in [3.63, 3.8) is 0 Å². The highest BCUT2D eigenvalue weighted by atomic mass is 16.6. The van der Waals surface area contributed by atoms with E-state index in [-0.39, 0.29) is 0 Å². The van der Waals surface area contributed by atoms with Crippen molar-refractivity contribution in [3.8, 4) is 11.5 Å². The predicted molar refractivity (Wildman–Crippen MR) is 47.7 cm³/mol. The molecule has 0 saturated heterocycles. The molecule has 0 spiro atoms. The van der Waals surface area contributed by atoms with Crippen LogP contribution in [0, 0.1) is 20.8 Å². The zero-order valence-electron chi connectivity index (χ0n) is 7.47. The van der Waals surface area contributed by atoms with E-state index in [1.165, 1.54) is 24.4 Å². The Labute approximate surface area is 72.8 Å². The van der Waals surface area contributed by atoms with Crippen LogP contribution in [-0.2, 0) is 0 Å². The van der Waals surface area contributed by atoms with E-state index in [0.717, 1.165) is 11.5 Å². The van der Waals surface area contributed by atoms with Gasteiger partial charge in [-0.1, -0.05) is 0 Å². The highest BCUT2D eigenvalue weighted by Crippen LogP contribution is 2.37. The maximum atomic E-state index is 5.22. The quantitative estimate of drug-likeness (QED) is 0.541. The van der Waals surface area contributed by atoms with Crippen LogP contribution in [-0.4, -0.2) is 7.69 Å². The summed E-state index contributed by atoms with van der Waals surface area (Å²) in [7, 11) is 1.37. The van der Waals surface area contributed by atoms with E-state index < -0.39 is 0 Å². The molecule has 3 heteroatoms. The maximum absolute atomic E-state index is 5.22. The number of hydrogen-bond donors (Lipinski definition) is 0. The van der Waals surface area contributed by atoms with Crippen molar-refractivity contribution < 1.29 is 9.31 Å². The third-order valence-corrected chi connectivity index (χ3v) is 2.41. The third kappa shape index (κ3) is 0.892. The van der Waals surface area contributed by atoms with E-state index >= 15 is 0 Å². The van der Waals surface area contributed by atoms with Crippen molar-refractivity contribution in [1.82, 2.24) is 0 Å². The molecule has 0 atom stereocenters. The molecular formula is C9H10BO2. The number of fused-ring (bicyclic) bond motifs is 1. The lowest BCUT2D eigenvalue weighted by atomic mass is 10.0. The first-order valence-electron chi connectivity index (χ1n) is 3.96. The van der Waals surface area contributed by atoms with Crippen molar-refractivity contribution in [3.05, 3.63) is 22.8 Å². The summed E-state index contributed by atoms with van der Waals surface area (Å²) < 4.78 is 10.4. The van der Waals surface area contributed by atoms with Gasteiger partial charge in [0.05, 0.1) is 0 Å². The molecule has 0 fully saturated rings. The van der Waals surface area contributed by atoms with Crippen molar-refractivity contribution in [2.24, 2.45) is 0 Å². The van der Waals surface area contributed by atoms with Crippen LogP contribution in [0.25, 0.3) is 0 Å². The van der Waals surface area contributed by atoms with E-state index in [2.05, 4.69) is 13.8 Å². The van der Waals surface area contributed by atoms with Crippen molar-refractivity contribution in [2.45, 2.75) is 20.8 Å². The number of aryl methyl sites for hydroxylation is 1. The van der Waals surface area contributed by atoms with Gasteiger partial charge in [0.2, 0.25) is 0 Å². The molecular weight excluding hydrogens is 151 g/mol. The Morgan fingerprint density at radius 3 is 2.58 bits per heavy atom. The number of benzene rings is 1. The molecule has 1 aromatic rings. The van der Waals surface area contributed by atoms with Crippen molar-refractivity contribution >= 4 is 7.69 Å². The fourth-order valence-corrected chi connectivity index (χ4v) is 1.38. The van der Waals surface area contributed by atoms with Gasteiger partial charge in [-0.15, -0.1) is 0 Å². The molecule has 2 rings (SSSR count). The van der Waals surface area contributed by atoms with Crippen molar-refractivity contribution in [1.29, 1.82) is 0 Å². The van der Waals surface area contributed by atoms with Gasteiger partial charge in [0.25, 0.3) is 0 Å². The van der Waals surface area contributed by atoms with Gasteiger partial charge in [0.15, 0.2) is 0 Å². The fraction of sp³-hybridized carbons (Fsp3) is 0.333. The molecule has 1 heterocycles. The Morgan fingerprint density at radius 1 is 1.08 bits per heavy atom. The molecule has 0 bridgehead atoms. The lowest BCUT2D eigenvalue weighted by Gasteiger charge is -2.08. The summed E-state index contributed by atoms with van der Waals surface area (Å²) in [5.41, 5.74) is 3.68. The van der Waals surface area contributed by atoms with Gasteiger partial charge < -0.3 is 9.31 Å². The van der Waals surface area contributed by atoms with Crippen LogP contribution in [0.4, 0.5) is 0 Å². The summed E-state index contributed by atoms with van der Waals surface area (Å²) in [6.45, 7) is 6.21. The van der Waals surface area contributed by atoms with Gasteiger partial charge in [0.1, 0.15) is 11.5 Å². The van der Waals surface area contributed by atoms with E-state index in [0.29, 0.717) is 0 Å². The minimum absolute atomic E-state index is 0.829. The molecule has 0 amide bonds. The van der Waals surface area contributed by atoms with E-state index in [1.54, 1.807) is 0 Å². The first kappa shape index (κ1) is 7.53. The summed E-state index contributed by atoms with van der Waals surface area (Å²) in [6.07, 6.45) is 0. The Hall–Kier alpha value is -1.12. The van der Waals surface area contributed by atoms with Crippen LogP contribution in [0.15, 0.2) is 6.07 Å². The van der Waals surface area contributed by atoms with Crippen LogP contribution < -0.4 is 9.31 Å². The second kappa shape index (κ2) is 2.44. The van der Waals surface area contributed by atoms with Gasteiger partial charge in [0, 0.05) is 0 Å². The standard InChI is InChI=1S/C9H10BO2/c1-5-4-8-9(12-10-11-8)7(3)6(5)2/h4H,1-3H3. The predicted octanol–water partition coefficient (Wildman–Crippen LogP) is 1.92. The molecule has 61 valence electrons. The van der Waals surface area contributed by atoms with Gasteiger partial charge in [-0.05, 0) is 43.5 Å². The van der Waals surface area contributed by atoms with E-state index in [1.807, 2.05) is 13.0 Å². The lowest BCUT2D eigenvalue weighted by Crippen LogP contribution is -2.00. The zero-order valence-corrected chi connectivity index (χ0v) is 7.47. The second-order valence-electron chi connectivity index (χ2n) is 3.10. The monoisotopic (exact) mass is 161 g/mol. The smallest absolute Gasteiger partial charge is 0.524 e. The largest absolute Gasteiger partial charge is 0.658 e. The number of hydrogen-bond acceptors (Lipinski definition) is 2. The van der Waals surface area contributed by atoms with Crippen LogP contribution in [0.1, 0.15) is 16.7 Å². The Balaban J connectivity index is 2.67. The molecule has 0 N–H and O–H groups in total. The normalized spacial score (nSPS) is 12.9. The summed E-state index contributed by atoms with van der Waals surface area (Å²) in [5.74, 6) is 1.69. The molecule has 0 saturated carbocycles. The Bertz CT molecular complexity index is 334. The topological polar surface area (TPSA) is 18.5 Å². The average Bonchev–Trinajstić information content (AvgIpc) is 2.48. The molecule has 0 unspecified atom stereocenters. The first-order chi connectivity index (χ1) is 5.70. The van der Waals surface area contributed by atoms with Crippen LogP contribution >= 0.6 is 0 Å². The highest BCUT2D eigenvalue weighted by molar-refractivity contribution is 6.23. The SMILES string of the molecule is Cc1cc2c(c(C)c1C)O[B]O2. The minimum atomic E-state index is 0.829. The molecule has 1 aromatic carbocycles. The Morgan fingerprint density at radius 2 is 1.83 bits per heavy atom. The average molecular weight is 161 g/mol. The van der Waals surface area contributed by atoms with E-state index in [4.69, 9.17) is 9.31 Å². The summed E-state index contributed by atoms with van der Waals surface area (Å²) in [5, 5.41) is 0. The summed E-state index contributed by atoms with van der Waals surface area (Å²) >= 11 is 0. The van der Waals surface area contributed by atoms with Gasteiger partial charge in [-0.3, -0.25) is 0 Å². The Kier molecular flexibility index (Phi) is 1.53. The lowest BCUT2D eigenvalue weighted by molar-refractivity contribution is 0.540. The zero-order chi connectivity index (χ0) is 8.72. The molecule has 12 heavy (non-hydrogen) atoms. The highest BCUT2D eigenvalue weighted by Gasteiger charge is 2.20. The number of rotatable bonds is 0. The second-order valence-corrected chi connectivity index (χ2v) is 3.10. The maximum Gasteiger partial charge on any atom is 0.658 e. The fourth-order valence-electron chi connectivity index (χ4n) is 1.38. The van der Waals surface area contributed by atoms with Gasteiger partial charge >= 0.3 is 7.69 Å². The van der Waals surface area contributed by atoms with Gasteiger partial charge in [-0.25, -0.2) is 0 Å². The molecule has 1 radical (unpaired) electrons. The van der Waals surface area contributed by atoms with E-state index in [9.17, 15) is 0 Å².